The predicted octanol–water partition coefficient (Wildman–Crippen LogP) is 6.49. The van der Waals surface area contributed by atoms with Crippen LogP contribution in [0.2, 0.25) is 5.02 Å². The molecule has 0 aliphatic carbocycles. The summed E-state index contributed by atoms with van der Waals surface area (Å²) < 4.78 is 2.99. The van der Waals surface area contributed by atoms with Gasteiger partial charge < -0.3 is 9.55 Å². The molecule has 1 N–H and O–H groups in total. The number of unbranched alkanes of at least 4 members (excludes halogenated alkanes) is 7. The van der Waals surface area contributed by atoms with Gasteiger partial charge in [-0.15, -0.1) is 0 Å². The first-order valence-electron chi connectivity index (χ1n) is 8.10. The average molecular weight is 325 g/mol. The van der Waals surface area contributed by atoms with Crippen LogP contribution in [0, 0.1) is 4.77 Å². The zero-order valence-corrected chi connectivity index (χ0v) is 14.4. The maximum absolute atomic E-state index is 6.01. The molecule has 1 heterocycles. The Hall–Kier alpha value is -0.800. The summed E-state index contributed by atoms with van der Waals surface area (Å²) in [4.78, 5) is 3.24. The minimum Gasteiger partial charge on any atom is -0.331 e. The first kappa shape index (κ1) is 16.6. The number of hydrogen-bond acceptors (Lipinski definition) is 1. The van der Waals surface area contributed by atoms with Crippen LogP contribution >= 0.6 is 23.8 Å². The topological polar surface area (TPSA) is 20.7 Å². The molecule has 2 nitrogen and oxygen atoms in total. The Kier molecular flexibility index (Phi) is 6.78. The molecule has 0 saturated heterocycles. The van der Waals surface area contributed by atoms with E-state index in [1.165, 1.54) is 51.4 Å². The van der Waals surface area contributed by atoms with Gasteiger partial charge in [0.2, 0.25) is 0 Å². The van der Waals surface area contributed by atoms with Gasteiger partial charge in [0, 0.05) is 11.6 Å². The monoisotopic (exact) mass is 324 g/mol. The Labute approximate surface area is 137 Å². The smallest absolute Gasteiger partial charge is 0.178 e. The van der Waals surface area contributed by atoms with Crippen molar-refractivity contribution in [2.45, 2.75) is 64.8 Å². The standard InChI is InChI=1S/C17H25ClN2S/c1-2-3-4-5-6-7-8-9-12-20-16-11-10-14(18)13-15(16)19-17(20)21/h10-11,13H,2-9,12H2,1H3,(H,19,21). The van der Waals surface area contributed by atoms with Gasteiger partial charge in [0.15, 0.2) is 4.77 Å². The lowest BCUT2D eigenvalue weighted by molar-refractivity contribution is 0.546. The number of rotatable bonds is 9. The summed E-state index contributed by atoms with van der Waals surface area (Å²) in [7, 11) is 0. The van der Waals surface area contributed by atoms with Crippen molar-refractivity contribution in [3.05, 3.63) is 28.0 Å². The Morgan fingerprint density at radius 2 is 1.71 bits per heavy atom. The van der Waals surface area contributed by atoms with Gasteiger partial charge in [-0.3, -0.25) is 0 Å². The molecule has 2 aromatic rings. The van der Waals surface area contributed by atoms with Gasteiger partial charge in [0.1, 0.15) is 0 Å². The van der Waals surface area contributed by atoms with Crippen LogP contribution < -0.4 is 0 Å². The molecule has 0 radical (unpaired) electrons. The molecule has 0 bridgehead atoms. The number of aromatic amines is 1. The molecular weight excluding hydrogens is 300 g/mol. The lowest BCUT2D eigenvalue weighted by Crippen LogP contribution is -1.97. The van der Waals surface area contributed by atoms with Crippen LogP contribution in [0.5, 0.6) is 0 Å². The molecule has 1 aromatic carbocycles. The van der Waals surface area contributed by atoms with Crippen molar-refractivity contribution >= 4 is 34.9 Å². The Bertz CT molecular complexity index is 615. The molecule has 0 spiro atoms. The van der Waals surface area contributed by atoms with Crippen LogP contribution in [0.1, 0.15) is 58.3 Å². The third kappa shape index (κ3) is 4.86. The van der Waals surface area contributed by atoms with E-state index >= 15 is 0 Å². The van der Waals surface area contributed by atoms with Gasteiger partial charge >= 0.3 is 0 Å². The maximum atomic E-state index is 6.01. The number of aryl methyl sites for hydroxylation is 1. The molecule has 0 atom stereocenters. The fraction of sp³-hybridized carbons (Fsp3) is 0.588. The number of fused-ring (bicyclic) bond motifs is 1. The lowest BCUT2D eigenvalue weighted by Gasteiger charge is -2.05. The summed E-state index contributed by atoms with van der Waals surface area (Å²) in [5.41, 5.74) is 2.19. The quantitative estimate of drug-likeness (QED) is 0.413. The maximum Gasteiger partial charge on any atom is 0.178 e. The second kappa shape index (κ2) is 8.60. The van der Waals surface area contributed by atoms with E-state index in [1.54, 1.807) is 0 Å². The van der Waals surface area contributed by atoms with E-state index in [0.29, 0.717) is 0 Å². The van der Waals surface area contributed by atoms with Crippen molar-refractivity contribution in [2.75, 3.05) is 0 Å². The highest BCUT2D eigenvalue weighted by Gasteiger charge is 2.04. The molecular formula is C17H25ClN2S. The van der Waals surface area contributed by atoms with Crippen molar-refractivity contribution in [1.29, 1.82) is 0 Å². The summed E-state index contributed by atoms with van der Waals surface area (Å²) >= 11 is 11.4. The first-order chi connectivity index (χ1) is 10.2. The third-order valence-electron chi connectivity index (χ3n) is 3.97. The molecule has 0 amide bonds. The minimum atomic E-state index is 0.748. The van der Waals surface area contributed by atoms with Gasteiger partial charge in [-0.1, -0.05) is 63.5 Å². The van der Waals surface area contributed by atoms with Crippen molar-refractivity contribution in [3.8, 4) is 0 Å². The molecule has 4 heteroatoms. The Morgan fingerprint density at radius 3 is 2.43 bits per heavy atom. The summed E-state index contributed by atoms with van der Waals surface area (Å²) in [6, 6.07) is 5.92. The van der Waals surface area contributed by atoms with E-state index in [1.807, 2.05) is 12.1 Å². The number of imidazole rings is 1. The van der Waals surface area contributed by atoms with Crippen molar-refractivity contribution in [3.63, 3.8) is 0 Å². The Morgan fingerprint density at radius 1 is 1.05 bits per heavy atom. The fourth-order valence-electron chi connectivity index (χ4n) is 2.76. The van der Waals surface area contributed by atoms with Crippen LogP contribution in [-0.4, -0.2) is 9.55 Å². The van der Waals surface area contributed by atoms with Crippen LogP contribution in [0.15, 0.2) is 18.2 Å². The molecule has 0 unspecified atom stereocenters. The first-order valence-corrected chi connectivity index (χ1v) is 8.89. The van der Waals surface area contributed by atoms with Crippen LogP contribution in [0.3, 0.4) is 0 Å². The van der Waals surface area contributed by atoms with Crippen LogP contribution in [-0.2, 0) is 6.54 Å². The molecule has 2 rings (SSSR count). The summed E-state index contributed by atoms with van der Waals surface area (Å²) in [5, 5.41) is 0.748. The van der Waals surface area contributed by atoms with Crippen molar-refractivity contribution < 1.29 is 0 Å². The van der Waals surface area contributed by atoms with E-state index in [0.717, 1.165) is 27.4 Å². The highest BCUT2D eigenvalue weighted by atomic mass is 35.5. The Balaban J connectivity index is 1.79. The summed E-state index contributed by atoms with van der Waals surface area (Å²) in [6.07, 6.45) is 10.7. The van der Waals surface area contributed by atoms with E-state index in [2.05, 4.69) is 22.5 Å². The molecule has 0 aliphatic heterocycles. The number of H-pyrrole nitrogens is 1. The zero-order valence-electron chi connectivity index (χ0n) is 12.8. The average Bonchev–Trinajstić information content (AvgIpc) is 2.76. The number of nitrogens with zero attached hydrogens (tertiary/aromatic N) is 1. The number of nitrogens with one attached hydrogen (secondary N) is 1. The highest BCUT2D eigenvalue weighted by Crippen LogP contribution is 2.20. The van der Waals surface area contributed by atoms with E-state index in [9.17, 15) is 0 Å². The van der Waals surface area contributed by atoms with E-state index < -0.39 is 0 Å². The molecule has 0 fully saturated rings. The van der Waals surface area contributed by atoms with Crippen LogP contribution in [0.4, 0.5) is 0 Å². The second-order valence-corrected chi connectivity index (χ2v) is 6.54. The number of aromatic nitrogens is 2. The molecule has 21 heavy (non-hydrogen) atoms. The number of benzene rings is 1. The van der Waals surface area contributed by atoms with Crippen molar-refractivity contribution in [1.82, 2.24) is 9.55 Å². The molecule has 1 aromatic heterocycles. The van der Waals surface area contributed by atoms with Gasteiger partial charge in [-0.2, -0.15) is 0 Å². The molecule has 0 saturated carbocycles. The number of halogens is 1. The second-order valence-electron chi connectivity index (χ2n) is 5.72. The fourth-order valence-corrected chi connectivity index (χ4v) is 3.23. The molecule has 0 aliphatic rings. The van der Waals surface area contributed by atoms with E-state index in [4.69, 9.17) is 23.8 Å². The lowest BCUT2D eigenvalue weighted by atomic mass is 10.1. The minimum absolute atomic E-state index is 0.748. The third-order valence-corrected chi connectivity index (χ3v) is 4.53. The van der Waals surface area contributed by atoms with Gasteiger partial charge in [0.25, 0.3) is 0 Å². The highest BCUT2D eigenvalue weighted by molar-refractivity contribution is 7.71. The summed E-state index contributed by atoms with van der Waals surface area (Å²) in [6.45, 7) is 3.26. The largest absolute Gasteiger partial charge is 0.331 e. The van der Waals surface area contributed by atoms with E-state index in [-0.39, 0.29) is 0 Å². The predicted molar refractivity (Wildman–Crippen MR) is 94.7 cm³/mol. The van der Waals surface area contributed by atoms with Gasteiger partial charge in [0.05, 0.1) is 11.0 Å². The summed E-state index contributed by atoms with van der Waals surface area (Å²) in [5.74, 6) is 0. The normalized spacial score (nSPS) is 11.3. The molecule has 116 valence electrons. The van der Waals surface area contributed by atoms with Crippen molar-refractivity contribution in [2.24, 2.45) is 0 Å². The SMILES string of the molecule is CCCCCCCCCCn1c(=S)[nH]c2cc(Cl)ccc21. The zero-order chi connectivity index (χ0) is 15.1. The van der Waals surface area contributed by atoms with Gasteiger partial charge in [-0.05, 0) is 36.8 Å². The number of hydrogen-bond donors (Lipinski definition) is 1. The van der Waals surface area contributed by atoms with Crippen LogP contribution in [0.25, 0.3) is 11.0 Å². The van der Waals surface area contributed by atoms with Gasteiger partial charge in [-0.25, -0.2) is 0 Å².